The molecule has 0 rings (SSSR count). The fourth-order valence-corrected chi connectivity index (χ4v) is 2.24. The predicted molar refractivity (Wildman–Crippen MR) is 62.9 cm³/mol. The Morgan fingerprint density at radius 2 is 1.79 bits per heavy atom. The van der Waals surface area contributed by atoms with Crippen LogP contribution in [0.2, 0.25) is 18.1 Å². The van der Waals surface area contributed by atoms with Crippen molar-refractivity contribution >= 4 is 14.6 Å². The second kappa shape index (κ2) is 4.89. The summed E-state index contributed by atoms with van der Waals surface area (Å²) in [6, 6.07) is 0. The lowest BCUT2D eigenvalue weighted by Gasteiger charge is -2.37. The second-order valence-corrected chi connectivity index (χ2v) is 9.86. The molecule has 82 valence electrons. The SMILES string of the molecule is CC(C=CC=O)O[Si](C)(C)C(C)(C)C. The van der Waals surface area contributed by atoms with Gasteiger partial charge in [0.1, 0.15) is 6.29 Å². The summed E-state index contributed by atoms with van der Waals surface area (Å²) in [5, 5.41) is 0.219. The molecule has 0 spiro atoms. The molecule has 3 heteroatoms. The fraction of sp³-hybridized carbons (Fsp3) is 0.727. The number of allylic oxidation sites excluding steroid dienone is 1. The van der Waals surface area contributed by atoms with Crippen LogP contribution in [0, 0.1) is 0 Å². The van der Waals surface area contributed by atoms with Crippen LogP contribution in [0.15, 0.2) is 12.2 Å². The van der Waals surface area contributed by atoms with E-state index in [0.717, 1.165) is 6.29 Å². The van der Waals surface area contributed by atoms with Gasteiger partial charge in [-0.15, -0.1) is 0 Å². The molecule has 0 amide bonds. The van der Waals surface area contributed by atoms with Gasteiger partial charge >= 0.3 is 0 Å². The second-order valence-electron chi connectivity index (χ2n) is 5.10. The normalized spacial score (nSPS) is 15.9. The van der Waals surface area contributed by atoms with Crippen LogP contribution in [-0.2, 0) is 9.22 Å². The molecule has 1 atom stereocenters. The van der Waals surface area contributed by atoms with E-state index in [1.165, 1.54) is 6.08 Å². The Labute approximate surface area is 88.5 Å². The highest BCUT2D eigenvalue weighted by Crippen LogP contribution is 2.37. The molecule has 0 aliphatic rings. The van der Waals surface area contributed by atoms with Crippen molar-refractivity contribution in [3.05, 3.63) is 12.2 Å². The molecule has 0 saturated carbocycles. The van der Waals surface area contributed by atoms with Crippen LogP contribution >= 0.6 is 0 Å². The standard InChI is InChI=1S/C11H22O2Si/c1-10(8-7-9-12)13-14(5,6)11(2,3)4/h7-10H,1-6H3. The molecule has 0 N–H and O–H groups in total. The van der Waals surface area contributed by atoms with Crippen LogP contribution in [-0.4, -0.2) is 20.7 Å². The number of carbonyl (C=O) groups excluding carboxylic acids is 1. The first-order valence-electron chi connectivity index (χ1n) is 5.00. The van der Waals surface area contributed by atoms with Crippen molar-refractivity contribution in [2.75, 3.05) is 0 Å². The van der Waals surface area contributed by atoms with Gasteiger partial charge in [-0.3, -0.25) is 4.79 Å². The van der Waals surface area contributed by atoms with Gasteiger partial charge < -0.3 is 4.43 Å². The van der Waals surface area contributed by atoms with Gasteiger partial charge in [0.15, 0.2) is 8.32 Å². The van der Waals surface area contributed by atoms with E-state index < -0.39 is 8.32 Å². The molecule has 2 nitrogen and oxygen atoms in total. The minimum absolute atomic E-state index is 0.0288. The molecule has 0 fully saturated rings. The summed E-state index contributed by atoms with van der Waals surface area (Å²) in [7, 11) is -1.69. The molecule has 0 aliphatic heterocycles. The number of hydrogen-bond donors (Lipinski definition) is 0. The van der Waals surface area contributed by atoms with Crippen molar-refractivity contribution in [1.29, 1.82) is 0 Å². The van der Waals surface area contributed by atoms with Gasteiger partial charge in [-0.05, 0) is 31.1 Å². The molecule has 0 bridgehead atoms. The monoisotopic (exact) mass is 214 g/mol. The maximum atomic E-state index is 10.1. The number of rotatable bonds is 4. The largest absolute Gasteiger partial charge is 0.411 e. The van der Waals surface area contributed by atoms with Crippen molar-refractivity contribution in [1.82, 2.24) is 0 Å². The predicted octanol–water partition coefficient (Wildman–Crippen LogP) is 3.15. The van der Waals surface area contributed by atoms with E-state index >= 15 is 0 Å². The van der Waals surface area contributed by atoms with E-state index in [-0.39, 0.29) is 11.1 Å². The van der Waals surface area contributed by atoms with E-state index in [2.05, 4.69) is 33.9 Å². The van der Waals surface area contributed by atoms with Gasteiger partial charge in [-0.25, -0.2) is 0 Å². The first kappa shape index (κ1) is 13.6. The van der Waals surface area contributed by atoms with Gasteiger partial charge in [0, 0.05) is 0 Å². The summed E-state index contributed by atoms with van der Waals surface area (Å²) >= 11 is 0. The highest BCUT2D eigenvalue weighted by Gasteiger charge is 2.37. The quantitative estimate of drug-likeness (QED) is 0.408. The third kappa shape index (κ3) is 4.20. The van der Waals surface area contributed by atoms with Crippen molar-refractivity contribution < 1.29 is 9.22 Å². The lowest BCUT2D eigenvalue weighted by atomic mass is 10.2. The molecule has 0 heterocycles. The van der Waals surface area contributed by atoms with Crippen molar-refractivity contribution in [2.45, 2.75) is 51.9 Å². The van der Waals surface area contributed by atoms with E-state index in [0.29, 0.717) is 0 Å². The lowest BCUT2D eigenvalue weighted by molar-refractivity contribution is -0.104. The van der Waals surface area contributed by atoms with Crippen LogP contribution in [0.1, 0.15) is 27.7 Å². The summed E-state index contributed by atoms with van der Waals surface area (Å²) in [6.45, 7) is 13.0. The van der Waals surface area contributed by atoms with Crippen LogP contribution in [0.5, 0.6) is 0 Å². The molecule has 14 heavy (non-hydrogen) atoms. The Morgan fingerprint density at radius 1 is 1.29 bits per heavy atom. The highest BCUT2D eigenvalue weighted by molar-refractivity contribution is 6.74. The zero-order chi connectivity index (χ0) is 11.4. The van der Waals surface area contributed by atoms with Crippen molar-refractivity contribution in [3.8, 4) is 0 Å². The van der Waals surface area contributed by atoms with E-state index in [1.807, 2.05) is 6.92 Å². The molecule has 1 unspecified atom stereocenters. The molecular weight excluding hydrogens is 192 g/mol. The van der Waals surface area contributed by atoms with Crippen molar-refractivity contribution in [2.24, 2.45) is 0 Å². The maximum Gasteiger partial charge on any atom is 0.192 e. The average Bonchev–Trinajstić information content (AvgIpc) is 1.97. The fourth-order valence-electron chi connectivity index (χ4n) is 0.883. The number of aldehydes is 1. The zero-order valence-electron chi connectivity index (χ0n) is 10.1. The molecule has 0 aromatic rings. The Kier molecular flexibility index (Phi) is 4.75. The van der Waals surface area contributed by atoms with Gasteiger partial charge in [-0.2, -0.15) is 0 Å². The van der Waals surface area contributed by atoms with Gasteiger partial charge in [-0.1, -0.05) is 26.8 Å². The summed E-state index contributed by atoms with van der Waals surface area (Å²) in [4.78, 5) is 10.1. The summed E-state index contributed by atoms with van der Waals surface area (Å²) in [6.07, 6.45) is 4.11. The molecule has 0 saturated heterocycles. The topological polar surface area (TPSA) is 26.3 Å². The zero-order valence-corrected chi connectivity index (χ0v) is 11.1. The number of hydrogen-bond acceptors (Lipinski definition) is 2. The Bertz CT molecular complexity index is 214. The average molecular weight is 214 g/mol. The molecule has 0 radical (unpaired) electrons. The lowest BCUT2D eigenvalue weighted by Crippen LogP contribution is -2.42. The van der Waals surface area contributed by atoms with Crippen LogP contribution in [0.3, 0.4) is 0 Å². The third-order valence-electron chi connectivity index (χ3n) is 2.75. The molecule has 0 aromatic heterocycles. The smallest absolute Gasteiger partial charge is 0.192 e. The van der Waals surface area contributed by atoms with E-state index in [1.54, 1.807) is 6.08 Å². The van der Waals surface area contributed by atoms with Gasteiger partial charge in [0.2, 0.25) is 0 Å². The van der Waals surface area contributed by atoms with Crippen LogP contribution < -0.4 is 0 Å². The van der Waals surface area contributed by atoms with Gasteiger partial charge in [0.05, 0.1) is 6.10 Å². The minimum atomic E-state index is -1.69. The Morgan fingerprint density at radius 3 is 2.14 bits per heavy atom. The summed E-state index contributed by atoms with van der Waals surface area (Å²) in [5.74, 6) is 0. The Balaban J connectivity index is 4.36. The summed E-state index contributed by atoms with van der Waals surface area (Å²) < 4.78 is 6.00. The molecule has 0 aromatic carbocycles. The van der Waals surface area contributed by atoms with Crippen LogP contribution in [0.4, 0.5) is 0 Å². The van der Waals surface area contributed by atoms with E-state index in [9.17, 15) is 4.79 Å². The first-order chi connectivity index (χ1) is 6.20. The molecular formula is C11H22O2Si. The highest BCUT2D eigenvalue weighted by atomic mass is 28.4. The van der Waals surface area contributed by atoms with Crippen LogP contribution in [0.25, 0.3) is 0 Å². The van der Waals surface area contributed by atoms with E-state index in [4.69, 9.17) is 4.43 Å². The number of carbonyl (C=O) groups is 1. The molecule has 0 aliphatic carbocycles. The maximum absolute atomic E-state index is 10.1. The van der Waals surface area contributed by atoms with Crippen molar-refractivity contribution in [3.63, 3.8) is 0 Å². The Hall–Kier alpha value is -0.413. The minimum Gasteiger partial charge on any atom is -0.411 e. The van der Waals surface area contributed by atoms with Gasteiger partial charge in [0.25, 0.3) is 0 Å². The summed E-state index contributed by atoms with van der Waals surface area (Å²) in [5.41, 5.74) is 0. The third-order valence-corrected chi connectivity index (χ3v) is 7.32. The first-order valence-corrected chi connectivity index (χ1v) is 7.91.